The molecule has 178 valence electrons. The largest absolute Gasteiger partial charge is 0.489 e. The number of rotatable bonds is 8. The number of carbonyl (C=O) groups excluding carboxylic acids is 2. The van der Waals surface area contributed by atoms with Crippen molar-refractivity contribution >= 4 is 28.9 Å². The maximum atomic E-state index is 13.0. The number of carbonyl (C=O) groups is 2. The minimum Gasteiger partial charge on any atom is -0.489 e. The van der Waals surface area contributed by atoms with E-state index >= 15 is 0 Å². The SMILES string of the molecule is Cc1ccc(NC(=O)c2ccc(NC(=O)c3ccc(N)cc3)c(OC(C)C)c2)c(OC(C)C)c1. The summed E-state index contributed by atoms with van der Waals surface area (Å²) >= 11 is 0. The minimum absolute atomic E-state index is 0.0348. The van der Waals surface area contributed by atoms with Crippen molar-refractivity contribution in [2.24, 2.45) is 0 Å². The van der Waals surface area contributed by atoms with E-state index in [2.05, 4.69) is 10.6 Å². The van der Waals surface area contributed by atoms with E-state index in [0.29, 0.717) is 39.7 Å². The monoisotopic (exact) mass is 461 g/mol. The van der Waals surface area contributed by atoms with Crippen LogP contribution in [0.5, 0.6) is 11.5 Å². The predicted octanol–water partition coefficient (Wildman–Crippen LogP) is 5.66. The summed E-state index contributed by atoms with van der Waals surface area (Å²) < 4.78 is 11.8. The Bertz CT molecular complexity index is 1170. The van der Waals surface area contributed by atoms with Crippen molar-refractivity contribution in [3.05, 3.63) is 77.4 Å². The molecule has 34 heavy (non-hydrogen) atoms. The van der Waals surface area contributed by atoms with Gasteiger partial charge in [0.2, 0.25) is 0 Å². The normalized spacial score (nSPS) is 10.8. The van der Waals surface area contributed by atoms with Gasteiger partial charge in [-0.3, -0.25) is 9.59 Å². The molecule has 4 N–H and O–H groups in total. The lowest BCUT2D eigenvalue weighted by molar-refractivity contribution is 0.101. The first-order chi connectivity index (χ1) is 16.1. The van der Waals surface area contributed by atoms with E-state index in [0.717, 1.165) is 5.56 Å². The smallest absolute Gasteiger partial charge is 0.255 e. The van der Waals surface area contributed by atoms with Crippen molar-refractivity contribution in [3.63, 3.8) is 0 Å². The maximum absolute atomic E-state index is 13.0. The van der Waals surface area contributed by atoms with E-state index in [1.54, 1.807) is 42.5 Å². The number of nitrogens with one attached hydrogen (secondary N) is 2. The van der Waals surface area contributed by atoms with Crippen LogP contribution in [0.15, 0.2) is 60.7 Å². The van der Waals surface area contributed by atoms with Gasteiger partial charge >= 0.3 is 0 Å². The third-order valence-corrected chi connectivity index (χ3v) is 4.78. The van der Waals surface area contributed by atoms with E-state index in [9.17, 15) is 9.59 Å². The molecule has 0 bridgehead atoms. The van der Waals surface area contributed by atoms with Crippen LogP contribution in [-0.4, -0.2) is 24.0 Å². The molecule has 3 aromatic rings. The molecule has 0 aliphatic rings. The molecule has 2 amide bonds. The minimum atomic E-state index is -0.317. The number of anilines is 3. The van der Waals surface area contributed by atoms with Crippen LogP contribution in [0.3, 0.4) is 0 Å². The number of amides is 2. The topological polar surface area (TPSA) is 103 Å². The van der Waals surface area contributed by atoms with Gasteiger partial charge in [0.1, 0.15) is 11.5 Å². The Kier molecular flexibility index (Phi) is 7.79. The second kappa shape index (κ2) is 10.7. The van der Waals surface area contributed by atoms with Crippen molar-refractivity contribution in [1.82, 2.24) is 0 Å². The maximum Gasteiger partial charge on any atom is 0.255 e. The number of aryl methyl sites for hydroxylation is 1. The van der Waals surface area contributed by atoms with Gasteiger partial charge in [0.05, 0.1) is 23.6 Å². The van der Waals surface area contributed by atoms with Crippen molar-refractivity contribution in [2.45, 2.75) is 46.8 Å². The second-order valence-electron chi connectivity index (χ2n) is 8.57. The second-order valence-corrected chi connectivity index (χ2v) is 8.57. The fraction of sp³-hybridized carbons (Fsp3) is 0.259. The Hall–Kier alpha value is -4.00. The van der Waals surface area contributed by atoms with Crippen LogP contribution in [0.2, 0.25) is 0 Å². The summed E-state index contributed by atoms with van der Waals surface area (Å²) in [4.78, 5) is 25.7. The average Bonchev–Trinajstić information content (AvgIpc) is 2.76. The Labute approximate surface area is 200 Å². The fourth-order valence-electron chi connectivity index (χ4n) is 3.23. The highest BCUT2D eigenvalue weighted by Crippen LogP contribution is 2.30. The number of hydrogen-bond acceptors (Lipinski definition) is 5. The molecular weight excluding hydrogens is 430 g/mol. The zero-order chi connectivity index (χ0) is 24.8. The van der Waals surface area contributed by atoms with E-state index in [4.69, 9.17) is 15.2 Å². The van der Waals surface area contributed by atoms with Gasteiger partial charge in [0.15, 0.2) is 0 Å². The van der Waals surface area contributed by atoms with Gasteiger partial charge in [0, 0.05) is 16.8 Å². The van der Waals surface area contributed by atoms with E-state index in [1.807, 2.05) is 52.8 Å². The van der Waals surface area contributed by atoms with Gasteiger partial charge in [-0.25, -0.2) is 0 Å². The lowest BCUT2D eigenvalue weighted by Crippen LogP contribution is -2.17. The van der Waals surface area contributed by atoms with Gasteiger partial charge < -0.3 is 25.8 Å². The van der Waals surface area contributed by atoms with E-state index < -0.39 is 0 Å². The summed E-state index contributed by atoms with van der Waals surface area (Å²) in [5.41, 5.74) is 9.20. The Morgan fingerprint density at radius 2 is 1.18 bits per heavy atom. The standard InChI is InChI=1S/C27H31N3O4/c1-16(2)33-24-14-18(5)6-12-22(24)30-27(32)20-9-13-23(25(15-20)34-17(3)4)29-26(31)19-7-10-21(28)11-8-19/h6-17H,28H2,1-5H3,(H,29,31)(H,30,32). The van der Waals surface area contributed by atoms with Gasteiger partial charge in [-0.15, -0.1) is 0 Å². The van der Waals surface area contributed by atoms with Crippen LogP contribution >= 0.6 is 0 Å². The van der Waals surface area contributed by atoms with Crippen molar-refractivity contribution < 1.29 is 19.1 Å². The van der Waals surface area contributed by atoms with Crippen LogP contribution in [0.1, 0.15) is 54.0 Å². The van der Waals surface area contributed by atoms with Crippen LogP contribution in [-0.2, 0) is 0 Å². The average molecular weight is 462 g/mol. The van der Waals surface area contributed by atoms with Crippen LogP contribution < -0.4 is 25.8 Å². The number of benzene rings is 3. The molecule has 0 aliphatic carbocycles. The number of nitrogen functional groups attached to an aromatic ring is 1. The first kappa shape index (κ1) is 24.6. The first-order valence-electron chi connectivity index (χ1n) is 11.2. The van der Waals surface area contributed by atoms with Gasteiger partial charge in [-0.1, -0.05) is 6.07 Å². The summed E-state index contributed by atoms with van der Waals surface area (Å²) in [5, 5.41) is 5.76. The molecule has 0 saturated heterocycles. The highest BCUT2D eigenvalue weighted by molar-refractivity contribution is 6.07. The van der Waals surface area contributed by atoms with Crippen LogP contribution in [0.25, 0.3) is 0 Å². The molecule has 3 aromatic carbocycles. The summed E-state index contributed by atoms with van der Waals surface area (Å²) in [6, 6.07) is 17.1. The highest BCUT2D eigenvalue weighted by Gasteiger charge is 2.16. The third kappa shape index (κ3) is 6.51. The first-order valence-corrected chi connectivity index (χ1v) is 11.2. The highest BCUT2D eigenvalue weighted by atomic mass is 16.5. The van der Waals surface area contributed by atoms with Crippen molar-refractivity contribution in [2.75, 3.05) is 16.4 Å². The molecule has 0 fully saturated rings. The summed E-state index contributed by atoms with van der Waals surface area (Å²) in [6.07, 6.45) is -0.193. The molecule has 7 heteroatoms. The molecule has 0 heterocycles. The molecule has 0 spiro atoms. The summed E-state index contributed by atoms with van der Waals surface area (Å²) in [7, 11) is 0. The Morgan fingerprint density at radius 1 is 0.706 bits per heavy atom. The lowest BCUT2D eigenvalue weighted by Gasteiger charge is -2.18. The molecule has 3 rings (SSSR count). The van der Waals surface area contributed by atoms with Crippen LogP contribution in [0.4, 0.5) is 17.1 Å². The molecule has 0 saturated carbocycles. The molecular formula is C27H31N3O4. The molecule has 0 aromatic heterocycles. The molecule has 0 radical (unpaired) electrons. The predicted molar refractivity (Wildman–Crippen MR) is 136 cm³/mol. The van der Waals surface area contributed by atoms with Crippen molar-refractivity contribution in [3.8, 4) is 11.5 Å². The summed E-state index contributed by atoms with van der Waals surface area (Å²) in [6.45, 7) is 9.58. The number of ether oxygens (including phenoxy) is 2. The zero-order valence-electron chi connectivity index (χ0n) is 20.1. The Morgan fingerprint density at radius 3 is 1.74 bits per heavy atom. The molecule has 7 nitrogen and oxygen atoms in total. The molecule has 0 unspecified atom stereocenters. The number of nitrogens with two attached hydrogens (primary N) is 1. The molecule has 0 atom stereocenters. The van der Waals surface area contributed by atoms with Gasteiger partial charge in [0.25, 0.3) is 11.8 Å². The van der Waals surface area contributed by atoms with Crippen LogP contribution in [0, 0.1) is 6.92 Å². The summed E-state index contributed by atoms with van der Waals surface area (Å²) in [5.74, 6) is 0.381. The quantitative estimate of drug-likeness (QED) is 0.376. The third-order valence-electron chi connectivity index (χ3n) is 4.78. The van der Waals surface area contributed by atoms with E-state index in [-0.39, 0.29) is 24.0 Å². The van der Waals surface area contributed by atoms with E-state index in [1.165, 1.54) is 0 Å². The fourth-order valence-corrected chi connectivity index (χ4v) is 3.23. The Balaban J connectivity index is 1.85. The molecule has 0 aliphatic heterocycles. The zero-order valence-corrected chi connectivity index (χ0v) is 20.1. The van der Waals surface area contributed by atoms with Gasteiger partial charge in [-0.2, -0.15) is 0 Å². The number of hydrogen-bond donors (Lipinski definition) is 3. The van der Waals surface area contributed by atoms with Crippen molar-refractivity contribution in [1.29, 1.82) is 0 Å². The lowest BCUT2D eigenvalue weighted by atomic mass is 10.1. The van der Waals surface area contributed by atoms with Gasteiger partial charge in [-0.05, 0) is 94.8 Å².